The molecule has 1 fully saturated rings. The lowest BCUT2D eigenvalue weighted by molar-refractivity contribution is 0.201. The first-order valence-corrected chi connectivity index (χ1v) is 4.65. The average molecular weight is 156 g/mol. The van der Waals surface area contributed by atoms with E-state index in [1.165, 1.54) is 19.3 Å². The fourth-order valence-corrected chi connectivity index (χ4v) is 2.03. The Labute approximate surface area is 69.8 Å². The molecule has 1 unspecified atom stereocenters. The summed E-state index contributed by atoms with van der Waals surface area (Å²) < 4.78 is 0. The van der Waals surface area contributed by atoms with Crippen molar-refractivity contribution >= 4 is 0 Å². The molecule has 2 atom stereocenters. The Kier molecular flexibility index (Phi) is 2.58. The average Bonchev–Trinajstić information content (AvgIpc) is 2.32. The highest BCUT2D eigenvalue weighted by atomic mass is 16.3. The highest BCUT2D eigenvalue weighted by Gasteiger charge is 2.32. The lowest BCUT2D eigenvalue weighted by atomic mass is 9.79. The van der Waals surface area contributed by atoms with Crippen LogP contribution < -0.4 is 0 Å². The minimum absolute atomic E-state index is 0.395. The third-order valence-corrected chi connectivity index (χ3v) is 3.02. The van der Waals surface area contributed by atoms with Crippen molar-refractivity contribution in [1.82, 2.24) is 0 Å². The van der Waals surface area contributed by atoms with E-state index in [2.05, 4.69) is 20.8 Å². The van der Waals surface area contributed by atoms with Crippen molar-refractivity contribution in [3.63, 3.8) is 0 Å². The molecular weight excluding hydrogens is 136 g/mol. The zero-order chi connectivity index (χ0) is 8.48. The summed E-state index contributed by atoms with van der Waals surface area (Å²) in [6.45, 7) is 7.30. The summed E-state index contributed by atoms with van der Waals surface area (Å²) in [5, 5.41) is 8.95. The summed E-state index contributed by atoms with van der Waals surface area (Å²) in [7, 11) is 0. The summed E-state index contributed by atoms with van der Waals surface area (Å²) >= 11 is 0. The molecule has 66 valence electrons. The van der Waals surface area contributed by atoms with Crippen molar-refractivity contribution in [3.05, 3.63) is 0 Å². The summed E-state index contributed by atoms with van der Waals surface area (Å²) in [5.74, 6) is 1.43. The third-order valence-electron chi connectivity index (χ3n) is 3.02. The topological polar surface area (TPSA) is 20.2 Å². The second kappa shape index (κ2) is 3.14. The number of rotatable bonds is 1. The van der Waals surface area contributed by atoms with Gasteiger partial charge in [0.05, 0.1) is 0 Å². The van der Waals surface area contributed by atoms with Gasteiger partial charge in [0.15, 0.2) is 0 Å². The van der Waals surface area contributed by atoms with Crippen molar-refractivity contribution in [3.8, 4) is 0 Å². The Morgan fingerprint density at radius 1 is 1.27 bits per heavy atom. The highest BCUT2D eigenvalue weighted by molar-refractivity contribution is 4.82. The number of hydrogen-bond donors (Lipinski definition) is 1. The van der Waals surface area contributed by atoms with Gasteiger partial charge >= 0.3 is 0 Å². The van der Waals surface area contributed by atoms with Crippen molar-refractivity contribution in [2.75, 3.05) is 6.61 Å². The summed E-state index contributed by atoms with van der Waals surface area (Å²) in [5.41, 5.74) is 0.448. The molecule has 1 heteroatoms. The van der Waals surface area contributed by atoms with Crippen LogP contribution in [0.3, 0.4) is 0 Å². The number of aliphatic hydroxyl groups excluding tert-OH is 1. The quantitative estimate of drug-likeness (QED) is 0.618. The van der Waals surface area contributed by atoms with Crippen molar-refractivity contribution in [2.45, 2.75) is 40.0 Å². The molecule has 0 aliphatic heterocycles. The van der Waals surface area contributed by atoms with Gasteiger partial charge in [-0.2, -0.15) is 0 Å². The number of hydrogen-bond acceptors (Lipinski definition) is 1. The Morgan fingerprint density at radius 3 is 2.18 bits per heavy atom. The van der Waals surface area contributed by atoms with Crippen LogP contribution in [-0.2, 0) is 0 Å². The van der Waals surface area contributed by atoms with Gasteiger partial charge < -0.3 is 5.11 Å². The zero-order valence-electron chi connectivity index (χ0n) is 7.93. The van der Waals surface area contributed by atoms with E-state index < -0.39 is 0 Å². The first-order valence-electron chi connectivity index (χ1n) is 4.65. The van der Waals surface area contributed by atoms with Gasteiger partial charge in [-0.05, 0) is 36.5 Å². The maximum atomic E-state index is 8.95. The molecule has 0 spiro atoms. The van der Waals surface area contributed by atoms with Crippen LogP contribution in [0.1, 0.15) is 40.0 Å². The Balaban J connectivity index is 2.42. The van der Waals surface area contributed by atoms with E-state index >= 15 is 0 Å². The molecule has 0 heterocycles. The molecule has 1 nitrogen and oxygen atoms in total. The van der Waals surface area contributed by atoms with Gasteiger partial charge in [-0.25, -0.2) is 0 Å². The molecule has 11 heavy (non-hydrogen) atoms. The maximum Gasteiger partial charge on any atom is 0.0459 e. The van der Waals surface area contributed by atoms with Gasteiger partial charge in [0.25, 0.3) is 0 Å². The van der Waals surface area contributed by atoms with Crippen LogP contribution in [0.4, 0.5) is 0 Å². The van der Waals surface area contributed by atoms with E-state index in [-0.39, 0.29) is 0 Å². The van der Waals surface area contributed by atoms with Crippen LogP contribution in [0, 0.1) is 17.3 Å². The molecule has 0 aromatic carbocycles. The molecule has 0 radical (unpaired) electrons. The molecular formula is C10H20O. The maximum absolute atomic E-state index is 8.95. The standard InChI is InChI=1S/C10H20O/c1-10(2,3)9-5-4-8(6-9)7-11/h8-9,11H,4-7H2,1-3H3/t8-,9?/m0/s1. The van der Waals surface area contributed by atoms with Gasteiger partial charge in [-0.1, -0.05) is 20.8 Å². The SMILES string of the molecule is CC(C)(C)C1CC[C@H](CO)C1. The fraction of sp³-hybridized carbons (Fsp3) is 1.00. The predicted octanol–water partition coefficient (Wildman–Crippen LogP) is 2.44. The van der Waals surface area contributed by atoms with Crippen LogP contribution in [0.25, 0.3) is 0 Å². The van der Waals surface area contributed by atoms with Crippen LogP contribution >= 0.6 is 0 Å². The Bertz CT molecular complexity index is 123. The third kappa shape index (κ3) is 2.19. The molecule has 0 aromatic heterocycles. The molecule has 0 bridgehead atoms. The fourth-order valence-electron chi connectivity index (χ4n) is 2.03. The first-order chi connectivity index (χ1) is 5.04. The van der Waals surface area contributed by atoms with Crippen LogP contribution in [0.5, 0.6) is 0 Å². The lowest BCUT2D eigenvalue weighted by Gasteiger charge is -2.26. The molecule has 0 saturated heterocycles. The van der Waals surface area contributed by atoms with Gasteiger partial charge in [-0.3, -0.25) is 0 Å². The first kappa shape index (κ1) is 9.05. The minimum Gasteiger partial charge on any atom is -0.396 e. The van der Waals surface area contributed by atoms with E-state index in [1.54, 1.807) is 0 Å². The minimum atomic E-state index is 0.395. The molecule has 1 aliphatic rings. The summed E-state index contributed by atoms with van der Waals surface area (Å²) in [6.07, 6.45) is 3.78. The molecule has 0 amide bonds. The Hall–Kier alpha value is -0.0400. The highest BCUT2D eigenvalue weighted by Crippen LogP contribution is 2.41. The van der Waals surface area contributed by atoms with E-state index in [1.807, 2.05) is 0 Å². The summed E-state index contributed by atoms with van der Waals surface area (Å²) in [6, 6.07) is 0. The Morgan fingerprint density at radius 2 is 1.91 bits per heavy atom. The molecule has 1 rings (SSSR count). The van der Waals surface area contributed by atoms with E-state index in [0.29, 0.717) is 17.9 Å². The van der Waals surface area contributed by atoms with Crippen LogP contribution in [-0.4, -0.2) is 11.7 Å². The second-order valence-electron chi connectivity index (χ2n) is 4.92. The molecule has 1 saturated carbocycles. The van der Waals surface area contributed by atoms with Gasteiger partial charge in [-0.15, -0.1) is 0 Å². The van der Waals surface area contributed by atoms with Crippen molar-refractivity contribution in [1.29, 1.82) is 0 Å². The summed E-state index contributed by atoms with van der Waals surface area (Å²) in [4.78, 5) is 0. The molecule has 0 aromatic rings. The lowest BCUT2D eigenvalue weighted by Crippen LogP contribution is -2.17. The van der Waals surface area contributed by atoms with Gasteiger partial charge in [0, 0.05) is 6.61 Å². The predicted molar refractivity (Wildman–Crippen MR) is 47.4 cm³/mol. The normalized spacial score (nSPS) is 32.7. The zero-order valence-corrected chi connectivity index (χ0v) is 7.93. The van der Waals surface area contributed by atoms with E-state index in [9.17, 15) is 0 Å². The van der Waals surface area contributed by atoms with Crippen molar-refractivity contribution < 1.29 is 5.11 Å². The monoisotopic (exact) mass is 156 g/mol. The van der Waals surface area contributed by atoms with E-state index in [0.717, 1.165) is 5.92 Å². The van der Waals surface area contributed by atoms with Gasteiger partial charge in [0.1, 0.15) is 0 Å². The number of aliphatic hydroxyl groups is 1. The second-order valence-corrected chi connectivity index (χ2v) is 4.92. The van der Waals surface area contributed by atoms with E-state index in [4.69, 9.17) is 5.11 Å². The molecule has 1 aliphatic carbocycles. The van der Waals surface area contributed by atoms with Crippen LogP contribution in [0.2, 0.25) is 0 Å². The van der Waals surface area contributed by atoms with Gasteiger partial charge in [0.2, 0.25) is 0 Å². The largest absolute Gasteiger partial charge is 0.396 e. The molecule has 1 N–H and O–H groups in total. The van der Waals surface area contributed by atoms with Crippen LogP contribution in [0.15, 0.2) is 0 Å². The smallest absolute Gasteiger partial charge is 0.0459 e. The van der Waals surface area contributed by atoms with Crippen molar-refractivity contribution in [2.24, 2.45) is 17.3 Å².